The van der Waals surface area contributed by atoms with Crippen molar-refractivity contribution in [2.24, 2.45) is 0 Å². The first-order valence-corrected chi connectivity index (χ1v) is 3.33. The fourth-order valence-corrected chi connectivity index (χ4v) is 0.834. The third kappa shape index (κ3) is 1.63. The van der Waals surface area contributed by atoms with Crippen molar-refractivity contribution in [3.63, 3.8) is 0 Å². The summed E-state index contributed by atoms with van der Waals surface area (Å²) >= 11 is 0. The Balaban J connectivity index is 2.86. The van der Waals surface area contributed by atoms with Gasteiger partial charge in [0, 0.05) is 5.57 Å². The van der Waals surface area contributed by atoms with E-state index in [0.29, 0.717) is 0 Å². The lowest BCUT2D eigenvalue weighted by Gasteiger charge is -1.86. The van der Waals surface area contributed by atoms with E-state index in [-0.39, 0.29) is 0 Å². The van der Waals surface area contributed by atoms with E-state index in [1.165, 1.54) is 5.57 Å². The quantitative estimate of drug-likeness (QED) is 0.442. The highest BCUT2D eigenvalue weighted by Crippen LogP contribution is 2.08. The van der Waals surface area contributed by atoms with E-state index in [9.17, 15) is 0 Å². The Bertz CT molecular complexity index is 244. The molecule has 0 aromatic rings. The van der Waals surface area contributed by atoms with Crippen molar-refractivity contribution in [3.8, 4) is 12.3 Å². The minimum Gasteiger partial charge on any atom is -0.115 e. The lowest BCUT2D eigenvalue weighted by molar-refractivity contribution is 1.32. The Kier molecular flexibility index (Phi) is 2.12. The summed E-state index contributed by atoms with van der Waals surface area (Å²) in [4.78, 5) is 0. The van der Waals surface area contributed by atoms with Crippen molar-refractivity contribution in [2.75, 3.05) is 0 Å². The first-order valence-electron chi connectivity index (χ1n) is 3.33. The van der Waals surface area contributed by atoms with Crippen LogP contribution in [-0.4, -0.2) is 0 Å². The number of hydrogen-bond donors (Lipinski definition) is 0. The molecule has 1 aliphatic rings. The molecule has 1 aliphatic carbocycles. The van der Waals surface area contributed by atoms with Crippen LogP contribution in [0, 0.1) is 12.3 Å². The molecular formula is C10H10. The second-order valence-electron chi connectivity index (χ2n) is 2.35. The van der Waals surface area contributed by atoms with E-state index in [4.69, 9.17) is 6.42 Å². The average Bonchev–Trinajstić information content (AvgIpc) is 2.14. The number of rotatable bonds is 0. The van der Waals surface area contributed by atoms with Crippen molar-refractivity contribution < 1.29 is 0 Å². The van der Waals surface area contributed by atoms with Gasteiger partial charge in [0.2, 0.25) is 0 Å². The first kappa shape index (κ1) is 6.89. The molecule has 0 N–H and O–H groups in total. The summed E-state index contributed by atoms with van der Waals surface area (Å²) in [7, 11) is 0. The van der Waals surface area contributed by atoms with Crippen LogP contribution in [0.3, 0.4) is 0 Å². The van der Waals surface area contributed by atoms with Gasteiger partial charge in [0.15, 0.2) is 0 Å². The van der Waals surface area contributed by atoms with Crippen LogP contribution in [0.4, 0.5) is 0 Å². The highest BCUT2D eigenvalue weighted by molar-refractivity contribution is 5.37. The fraction of sp³-hybridized carbons (Fsp3) is 0.200. The molecule has 0 heterocycles. The van der Waals surface area contributed by atoms with E-state index in [1.54, 1.807) is 0 Å². The normalized spacial score (nSPS) is 16.8. The van der Waals surface area contributed by atoms with Gasteiger partial charge in [-0.15, -0.1) is 6.42 Å². The van der Waals surface area contributed by atoms with Crippen LogP contribution in [-0.2, 0) is 0 Å². The Hall–Kier alpha value is -1.22. The molecule has 10 heavy (non-hydrogen) atoms. The average molecular weight is 130 g/mol. The van der Waals surface area contributed by atoms with Crippen LogP contribution in [0.5, 0.6) is 0 Å². The highest BCUT2D eigenvalue weighted by atomic mass is 14.0. The third-order valence-corrected chi connectivity index (χ3v) is 1.45. The SMILES string of the molecule is C#CC1=CC=C(C)C=CC1. The van der Waals surface area contributed by atoms with Crippen molar-refractivity contribution in [2.45, 2.75) is 13.3 Å². The Morgan fingerprint density at radius 1 is 1.50 bits per heavy atom. The summed E-state index contributed by atoms with van der Waals surface area (Å²) in [6.45, 7) is 2.06. The van der Waals surface area contributed by atoms with Gasteiger partial charge in [0.1, 0.15) is 0 Å². The number of allylic oxidation sites excluding steroid dienone is 6. The van der Waals surface area contributed by atoms with Crippen LogP contribution in [0.15, 0.2) is 35.5 Å². The maximum Gasteiger partial charge on any atom is 0.00554 e. The van der Waals surface area contributed by atoms with Crippen molar-refractivity contribution >= 4 is 0 Å². The molecule has 0 atom stereocenters. The molecule has 1 rings (SSSR count). The summed E-state index contributed by atoms with van der Waals surface area (Å²) < 4.78 is 0. The lowest BCUT2D eigenvalue weighted by atomic mass is 10.2. The lowest BCUT2D eigenvalue weighted by Crippen LogP contribution is -1.70. The molecule has 0 unspecified atom stereocenters. The minimum atomic E-state index is 0.893. The van der Waals surface area contributed by atoms with Crippen LogP contribution < -0.4 is 0 Å². The molecule has 0 aromatic carbocycles. The first-order chi connectivity index (χ1) is 4.83. The summed E-state index contributed by atoms with van der Waals surface area (Å²) in [5, 5.41) is 0. The van der Waals surface area contributed by atoms with Gasteiger partial charge in [-0.3, -0.25) is 0 Å². The molecule has 0 spiro atoms. The molecule has 0 bridgehead atoms. The van der Waals surface area contributed by atoms with Crippen LogP contribution in [0.25, 0.3) is 0 Å². The van der Waals surface area contributed by atoms with Crippen molar-refractivity contribution in [1.82, 2.24) is 0 Å². The Morgan fingerprint density at radius 3 is 3.00 bits per heavy atom. The summed E-state index contributed by atoms with van der Waals surface area (Å²) in [6, 6.07) is 0. The topological polar surface area (TPSA) is 0 Å². The molecule has 0 nitrogen and oxygen atoms in total. The van der Waals surface area contributed by atoms with Crippen LogP contribution >= 0.6 is 0 Å². The second kappa shape index (κ2) is 3.08. The number of terminal acetylenes is 1. The molecular weight excluding hydrogens is 120 g/mol. The van der Waals surface area contributed by atoms with Gasteiger partial charge in [-0.2, -0.15) is 0 Å². The van der Waals surface area contributed by atoms with Gasteiger partial charge in [0.25, 0.3) is 0 Å². The minimum absolute atomic E-state index is 0.893. The summed E-state index contributed by atoms with van der Waals surface area (Å²) in [5.74, 6) is 2.63. The Morgan fingerprint density at radius 2 is 2.30 bits per heavy atom. The van der Waals surface area contributed by atoms with E-state index in [1.807, 2.05) is 12.2 Å². The zero-order chi connectivity index (χ0) is 7.40. The van der Waals surface area contributed by atoms with Gasteiger partial charge in [-0.1, -0.05) is 35.8 Å². The third-order valence-electron chi connectivity index (χ3n) is 1.45. The van der Waals surface area contributed by atoms with Gasteiger partial charge in [0.05, 0.1) is 0 Å². The van der Waals surface area contributed by atoms with Gasteiger partial charge < -0.3 is 0 Å². The molecule has 0 radical (unpaired) electrons. The molecule has 0 aliphatic heterocycles. The second-order valence-corrected chi connectivity index (χ2v) is 2.35. The van der Waals surface area contributed by atoms with Crippen LogP contribution in [0.2, 0.25) is 0 Å². The fourth-order valence-electron chi connectivity index (χ4n) is 0.834. The van der Waals surface area contributed by atoms with Gasteiger partial charge in [-0.05, 0) is 13.3 Å². The van der Waals surface area contributed by atoms with E-state index >= 15 is 0 Å². The molecule has 0 fully saturated rings. The molecule has 0 amide bonds. The molecule has 0 saturated heterocycles. The predicted molar refractivity (Wildman–Crippen MR) is 44.4 cm³/mol. The van der Waals surface area contributed by atoms with Gasteiger partial charge in [-0.25, -0.2) is 0 Å². The summed E-state index contributed by atoms with van der Waals surface area (Å²) in [6.07, 6.45) is 14.3. The summed E-state index contributed by atoms with van der Waals surface area (Å²) in [5.41, 5.74) is 2.30. The zero-order valence-corrected chi connectivity index (χ0v) is 6.09. The van der Waals surface area contributed by atoms with E-state index in [2.05, 4.69) is 25.0 Å². The predicted octanol–water partition coefficient (Wildman–Crippen LogP) is 2.45. The monoisotopic (exact) mass is 130 g/mol. The Labute approximate surface area is 61.9 Å². The molecule has 50 valence electrons. The van der Waals surface area contributed by atoms with E-state index < -0.39 is 0 Å². The highest BCUT2D eigenvalue weighted by Gasteiger charge is 1.91. The molecule has 0 aromatic heterocycles. The largest absolute Gasteiger partial charge is 0.115 e. The number of hydrogen-bond acceptors (Lipinski definition) is 0. The van der Waals surface area contributed by atoms with Gasteiger partial charge >= 0.3 is 0 Å². The maximum absolute atomic E-state index is 5.24. The van der Waals surface area contributed by atoms with E-state index in [0.717, 1.165) is 12.0 Å². The maximum atomic E-state index is 5.24. The zero-order valence-electron chi connectivity index (χ0n) is 6.09. The smallest absolute Gasteiger partial charge is 0.00554 e. The van der Waals surface area contributed by atoms with Crippen molar-refractivity contribution in [1.29, 1.82) is 0 Å². The molecule has 0 heteroatoms. The van der Waals surface area contributed by atoms with Crippen LogP contribution in [0.1, 0.15) is 13.3 Å². The standard InChI is InChI=1S/C10H10/c1-3-10-6-4-5-9(2)7-8-10/h1,4-5,7-8H,6H2,2H3. The van der Waals surface area contributed by atoms with Crippen molar-refractivity contribution in [3.05, 3.63) is 35.5 Å². The molecule has 0 saturated carbocycles.